The zero-order valence-corrected chi connectivity index (χ0v) is 15.4. The summed E-state index contributed by atoms with van der Waals surface area (Å²) >= 11 is 3.39. The summed E-state index contributed by atoms with van der Waals surface area (Å²) in [7, 11) is 1.52. The van der Waals surface area contributed by atoms with Gasteiger partial charge < -0.3 is 10.1 Å². The van der Waals surface area contributed by atoms with Gasteiger partial charge in [-0.25, -0.2) is 0 Å². The van der Waals surface area contributed by atoms with Crippen molar-refractivity contribution >= 4 is 32.7 Å². The van der Waals surface area contributed by atoms with E-state index in [9.17, 15) is 13.2 Å². The van der Waals surface area contributed by atoms with E-state index in [4.69, 9.17) is 4.74 Å². The van der Waals surface area contributed by atoms with Gasteiger partial charge in [-0.2, -0.15) is 13.2 Å². The number of hydrogen-bond acceptors (Lipinski definition) is 5. The SMILES string of the molecule is COc1cc(Br)cc2c(N[C@H](C)c3cccc(C(F)(F)F)c3)nnnc12. The molecule has 136 valence electrons. The van der Waals surface area contributed by atoms with Crippen LogP contribution in [0, 0.1) is 0 Å². The molecular weight excluding hydrogens is 413 g/mol. The number of methoxy groups -OCH3 is 1. The maximum atomic E-state index is 12.9. The summed E-state index contributed by atoms with van der Waals surface area (Å²) in [6.07, 6.45) is -4.39. The topological polar surface area (TPSA) is 59.9 Å². The third kappa shape index (κ3) is 3.72. The van der Waals surface area contributed by atoms with Crippen LogP contribution in [-0.4, -0.2) is 22.5 Å². The Morgan fingerprint density at radius 2 is 1.92 bits per heavy atom. The first-order chi connectivity index (χ1) is 12.3. The molecule has 0 bridgehead atoms. The van der Waals surface area contributed by atoms with E-state index < -0.39 is 17.8 Å². The van der Waals surface area contributed by atoms with E-state index in [1.807, 2.05) is 0 Å². The van der Waals surface area contributed by atoms with Crippen LogP contribution in [0.1, 0.15) is 24.1 Å². The number of benzene rings is 2. The number of rotatable bonds is 4. The van der Waals surface area contributed by atoms with Crippen LogP contribution in [0.5, 0.6) is 5.75 Å². The first kappa shape index (κ1) is 18.4. The number of hydrogen-bond donors (Lipinski definition) is 1. The molecule has 26 heavy (non-hydrogen) atoms. The van der Waals surface area contributed by atoms with Crippen molar-refractivity contribution in [3.8, 4) is 5.75 Å². The molecule has 0 spiro atoms. The molecule has 0 radical (unpaired) electrons. The molecule has 0 unspecified atom stereocenters. The zero-order valence-electron chi connectivity index (χ0n) is 13.8. The largest absolute Gasteiger partial charge is 0.494 e. The molecule has 1 aromatic heterocycles. The third-order valence-corrected chi connectivity index (χ3v) is 4.33. The van der Waals surface area contributed by atoms with Gasteiger partial charge in [0.15, 0.2) is 5.82 Å². The van der Waals surface area contributed by atoms with Crippen molar-refractivity contribution in [2.75, 3.05) is 12.4 Å². The quantitative estimate of drug-likeness (QED) is 0.636. The first-order valence-corrected chi connectivity index (χ1v) is 8.39. The average molecular weight is 427 g/mol. The number of halogens is 4. The molecule has 0 saturated heterocycles. The molecule has 0 aliphatic carbocycles. The van der Waals surface area contributed by atoms with Crippen molar-refractivity contribution in [3.05, 3.63) is 52.0 Å². The number of aromatic nitrogens is 3. The molecule has 9 heteroatoms. The lowest BCUT2D eigenvalue weighted by Gasteiger charge is -2.17. The van der Waals surface area contributed by atoms with Crippen LogP contribution in [0.2, 0.25) is 0 Å². The van der Waals surface area contributed by atoms with E-state index in [2.05, 4.69) is 36.7 Å². The van der Waals surface area contributed by atoms with Crippen molar-refractivity contribution in [2.24, 2.45) is 0 Å². The van der Waals surface area contributed by atoms with Gasteiger partial charge >= 0.3 is 6.18 Å². The lowest BCUT2D eigenvalue weighted by Crippen LogP contribution is -2.12. The maximum absolute atomic E-state index is 12.9. The number of alkyl halides is 3. The molecule has 1 N–H and O–H groups in total. The van der Waals surface area contributed by atoms with Crippen molar-refractivity contribution in [2.45, 2.75) is 19.1 Å². The van der Waals surface area contributed by atoms with Gasteiger partial charge in [-0.05, 0) is 42.0 Å². The van der Waals surface area contributed by atoms with Gasteiger partial charge in [-0.15, -0.1) is 10.2 Å². The number of fused-ring (bicyclic) bond motifs is 1. The van der Waals surface area contributed by atoms with Crippen molar-refractivity contribution in [3.63, 3.8) is 0 Å². The fraction of sp³-hybridized carbons (Fsp3) is 0.235. The Balaban J connectivity index is 1.98. The number of anilines is 1. The van der Waals surface area contributed by atoms with E-state index in [0.717, 1.165) is 16.6 Å². The lowest BCUT2D eigenvalue weighted by atomic mass is 10.0. The molecule has 0 saturated carbocycles. The molecular formula is C17H14BrF3N4O. The van der Waals surface area contributed by atoms with Gasteiger partial charge in [0.25, 0.3) is 0 Å². The highest BCUT2D eigenvalue weighted by atomic mass is 79.9. The number of ether oxygens (including phenoxy) is 1. The van der Waals surface area contributed by atoms with Crippen LogP contribution in [0.3, 0.4) is 0 Å². The smallest absolute Gasteiger partial charge is 0.416 e. The minimum Gasteiger partial charge on any atom is -0.494 e. The molecule has 0 aliphatic rings. The van der Waals surface area contributed by atoms with E-state index in [0.29, 0.717) is 28.0 Å². The van der Waals surface area contributed by atoms with Crippen LogP contribution < -0.4 is 10.1 Å². The van der Waals surface area contributed by atoms with Gasteiger partial charge in [0.2, 0.25) is 0 Å². The Hall–Kier alpha value is -2.42. The summed E-state index contributed by atoms with van der Waals surface area (Å²) in [4.78, 5) is 0. The van der Waals surface area contributed by atoms with Crippen LogP contribution in [0.25, 0.3) is 10.9 Å². The highest BCUT2D eigenvalue weighted by molar-refractivity contribution is 9.10. The Bertz CT molecular complexity index is 949. The maximum Gasteiger partial charge on any atom is 0.416 e. The Morgan fingerprint density at radius 1 is 1.15 bits per heavy atom. The molecule has 2 aromatic carbocycles. The number of nitrogens with one attached hydrogen (secondary N) is 1. The molecule has 3 aromatic rings. The van der Waals surface area contributed by atoms with Crippen LogP contribution >= 0.6 is 15.9 Å². The predicted molar refractivity (Wildman–Crippen MR) is 95.1 cm³/mol. The zero-order chi connectivity index (χ0) is 18.9. The first-order valence-electron chi connectivity index (χ1n) is 7.60. The fourth-order valence-electron chi connectivity index (χ4n) is 2.56. The Labute approximate surface area is 155 Å². The lowest BCUT2D eigenvalue weighted by molar-refractivity contribution is -0.137. The summed E-state index contributed by atoms with van der Waals surface area (Å²) in [6.45, 7) is 1.75. The van der Waals surface area contributed by atoms with E-state index in [1.165, 1.54) is 13.2 Å². The van der Waals surface area contributed by atoms with Crippen LogP contribution in [-0.2, 0) is 6.18 Å². The second-order valence-electron chi connectivity index (χ2n) is 5.63. The predicted octanol–water partition coefficient (Wildman–Crippen LogP) is 4.99. The Kier molecular flexibility index (Phi) is 4.99. The van der Waals surface area contributed by atoms with Crippen LogP contribution in [0.15, 0.2) is 40.9 Å². The van der Waals surface area contributed by atoms with Crippen molar-refractivity contribution in [1.29, 1.82) is 0 Å². The highest BCUT2D eigenvalue weighted by Gasteiger charge is 2.30. The Morgan fingerprint density at radius 3 is 2.62 bits per heavy atom. The van der Waals surface area contributed by atoms with E-state index in [1.54, 1.807) is 25.1 Å². The summed E-state index contributed by atoms with van der Waals surface area (Å²) in [5, 5.41) is 15.4. The molecule has 0 aliphatic heterocycles. The second kappa shape index (κ2) is 7.06. The molecule has 0 fully saturated rings. The van der Waals surface area contributed by atoms with Gasteiger partial charge in [0, 0.05) is 4.47 Å². The molecule has 1 heterocycles. The van der Waals surface area contributed by atoms with Gasteiger partial charge in [-0.3, -0.25) is 0 Å². The van der Waals surface area contributed by atoms with Crippen molar-refractivity contribution in [1.82, 2.24) is 15.4 Å². The molecule has 3 rings (SSSR count). The third-order valence-electron chi connectivity index (χ3n) is 3.87. The second-order valence-corrected chi connectivity index (χ2v) is 6.55. The molecule has 0 amide bonds. The van der Waals surface area contributed by atoms with Gasteiger partial charge in [-0.1, -0.05) is 28.1 Å². The van der Waals surface area contributed by atoms with Crippen LogP contribution in [0.4, 0.5) is 19.0 Å². The summed E-state index contributed by atoms with van der Waals surface area (Å²) in [5.74, 6) is 0.915. The van der Waals surface area contributed by atoms with Gasteiger partial charge in [0.1, 0.15) is 11.3 Å². The number of nitrogens with zero attached hydrogens (tertiary/aromatic N) is 3. The van der Waals surface area contributed by atoms with E-state index >= 15 is 0 Å². The minimum atomic E-state index is -4.39. The molecule has 1 atom stereocenters. The fourth-order valence-corrected chi connectivity index (χ4v) is 3.00. The summed E-state index contributed by atoms with van der Waals surface area (Å²) in [6, 6.07) is 8.27. The monoisotopic (exact) mass is 426 g/mol. The highest BCUT2D eigenvalue weighted by Crippen LogP contribution is 2.34. The van der Waals surface area contributed by atoms with Gasteiger partial charge in [0.05, 0.1) is 24.1 Å². The summed E-state index contributed by atoms with van der Waals surface area (Å²) in [5.41, 5.74) is 0.289. The minimum absolute atomic E-state index is 0.402. The standard InChI is InChI=1S/C17H14BrF3N4O/c1-9(10-4-3-5-11(6-10)17(19,20)21)22-16-13-7-12(18)8-14(26-2)15(13)23-25-24-16/h3-9H,1-2H3,(H,22,23,24)/t9-/m1/s1. The normalized spacial score (nSPS) is 12.8. The molecule has 5 nitrogen and oxygen atoms in total. The van der Waals surface area contributed by atoms with Crippen molar-refractivity contribution < 1.29 is 17.9 Å². The summed E-state index contributed by atoms with van der Waals surface area (Å²) < 4.78 is 44.8. The average Bonchev–Trinajstić information content (AvgIpc) is 2.61. The van der Waals surface area contributed by atoms with E-state index in [-0.39, 0.29) is 0 Å².